The monoisotopic (exact) mass is 223 g/mol. The Hall–Kier alpha value is -1.75. The Balaban J connectivity index is 2.32. The van der Waals surface area contributed by atoms with Gasteiger partial charge in [0.1, 0.15) is 11.5 Å². The lowest BCUT2D eigenvalue weighted by Gasteiger charge is -2.05. The lowest BCUT2D eigenvalue weighted by atomic mass is 10.4. The summed E-state index contributed by atoms with van der Waals surface area (Å²) in [5.41, 5.74) is 6.17. The zero-order chi connectivity index (χ0) is 10.8. The molecule has 0 amide bonds. The Morgan fingerprint density at radius 3 is 2.80 bits per heavy atom. The highest BCUT2D eigenvalue weighted by Gasteiger charge is 2.11. The van der Waals surface area contributed by atoms with Crippen molar-refractivity contribution in [3.8, 4) is 0 Å². The van der Waals surface area contributed by atoms with E-state index in [1.807, 2.05) is 18.2 Å². The molecule has 2 heterocycles. The van der Waals surface area contributed by atoms with Crippen LogP contribution in [0.25, 0.3) is 0 Å². The van der Waals surface area contributed by atoms with Crippen molar-refractivity contribution in [3.63, 3.8) is 0 Å². The third-order valence-corrected chi connectivity index (χ3v) is 2.23. The minimum atomic E-state index is 0.288. The second-order valence-electron chi connectivity index (χ2n) is 3.02. The molecule has 0 spiro atoms. The maximum atomic E-state index is 5.78. The van der Waals surface area contributed by atoms with Crippen LogP contribution >= 0.6 is 11.6 Å². The van der Waals surface area contributed by atoms with Gasteiger partial charge in [0.15, 0.2) is 11.0 Å². The van der Waals surface area contributed by atoms with E-state index >= 15 is 0 Å². The maximum absolute atomic E-state index is 5.78. The smallest absolute Gasteiger partial charge is 0.176 e. The van der Waals surface area contributed by atoms with E-state index in [1.54, 1.807) is 17.9 Å². The van der Waals surface area contributed by atoms with Crippen LogP contribution in [-0.4, -0.2) is 14.8 Å². The zero-order valence-electron chi connectivity index (χ0n) is 8.11. The van der Waals surface area contributed by atoms with Gasteiger partial charge in [0.2, 0.25) is 0 Å². The van der Waals surface area contributed by atoms with Gasteiger partial charge in [-0.3, -0.25) is 0 Å². The average molecular weight is 224 g/mol. The van der Waals surface area contributed by atoms with Crippen molar-refractivity contribution in [2.45, 2.75) is 0 Å². The van der Waals surface area contributed by atoms with Crippen LogP contribution in [0.5, 0.6) is 0 Å². The van der Waals surface area contributed by atoms with Gasteiger partial charge in [0.25, 0.3) is 0 Å². The summed E-state index contributed by atoms with van der Waals surface area (Å²) in [6, 6.07) is 5.55. The lowest BCUT2D eigenvalue weighted by molar-refractivity contribution is 0.776. The Morgan fingerprint density at radius 2 is 2.27 bits per heavy atom. The predicted octanol–water partition coefficient (Wildman–Crippen LogP) is 1.79. The first-order chi connectivity index (χ1) is 7.18. The van der Waals surface area contributed by atoms with Crippen molar-refractivity contribution in [2.75, 3.05) is 11.1 Å². The van der Waals surface area contributed by atoms with Crippen LogP contribution < -0.4 is 11.1 Å². The Bertz CT molecular complexity index is 465. The second kappa shape index (κ2) is 3.78. The van der Waals surface area contributed by atoms with Gasteiger partial charge in [-0.2, -0.15) is 5.10 Å². The summed E-state index contributed by atoms with van der Waals surface area (Å²) >= 11 is 5.78. The summed E-state index contributed by atoms with van der Waals surface area (Å²) in [6.07, 6.45) is 1.69. The Labute approximate surface area is 91.9 Å². The van der Waals surface area contributed by atoms with Crippen molar-refractivity contribution < 1.29 is 0 Å². The van der Waals surface area contributed by atoms with Gasteiger partial charge >= 0.3 is 0 Å². The van der Waals surface area contributed by atoms with Crippen LogP contribution in [-0.2, 0) is 7.05 Å². The number of aromatic nitrogens is 3. The fourth-order valence-electron chi connectivity index (χ4n) is 1.21. The van der Waals surface area contributed by atoms with Gasteiger partial charge in [-0.15, -0.1) is 0 Å². The third-order valence-electron chi connectivity index (χ3n) is 1.95. The summed E-state index contributed by atoms with van der Waals surface area (Å²) in [6.45, 7) is 0. The first-order valence-electron chi connectivity index (χ1n) is 4.34. The van der Waals surface area contributed by atoms with Crippen LogP contribution in [0.3, 0.4) is 0 Å². The highest BCUT2D eigenvalue weighted by molar-refractivity contribution is 6.32. The van der Waals surface area contributed by atoms with Gasteiger partial charge in [0, 0.05) is 13.2 Å². The number of nitrogen functional groups attached to an aromatic ring is 1. The van der Waals surface area contributed by atoms with E-state index in [0.717, 1.165) is 0 Å². The number of rotatable bonds is 2. The molecule has 0 aliphatic rings. The molecule has 0 aliphatic carbocycles. The molecule has 2 rings (SSSR count). The number of hydrogen-bond donors (Lipinski definition) is 2. The van der Waals surface area contributed by atoms with Gasteiger partial charge in [-0.25, -0.2) is 9.67 Å². The molecule has 0 saturated carbocycles. The second-order valence-corrected chi connectivity index (χ2v) is 3.37. The van der Waals surface area contributed by atoms with Crippen LogP contribution in [0, 0.1) is 0 Å². The predicted molar refractivity (Wildman–Crippen MR) is 60.2 cm³/mol. The number of halogens is 1. The summed E-state index contributed by atoms with van der Waals surface area (Å²) in [5.74, 6) is 1.34. The fourth-order valence-corrected chi connectivity index (χ4v) is 1.42. The molecule has 15 heavy (non-hydrogen) atoms. The molecular formula is C9H10ClN5. The van der Waals surface area contributed by atoms with E-state index in [4.69, 9.17) is 17.3 Å². The van der Waals surface area contributed by atoms with Crippen LogP contribution in [0.4, 0.5) is 17.3 Å². The minimum absolute atomic E-state index is 0.288. The molecule has 0 radical (unpaired) electrons. The summed E-state index contributed by atoms with van der Waals surface area (Å²) < 4.78 is 1.58. The Kier molecular flexibility index (Phi) is 2.47. The number of hydrogen-bond acceptors (Lipinski definition) is 4. The topological polar surface area (TPSA) is 68.8 Å². The lowest BCUT2D eigenvalue weighted by Crippen LogP contribution is -2.02. The first-order valence-corrected chi connectivity index (χ1v) is 4.72. The molecule has 6 heteroatoms. The van der Waals surface area contributed by atoms with E-state index in [-0.39, 0.29) is 5.15 Å². The van der Waals surface area contributed by atoms with Crippen molar-refractivity contribution in [1.29, 1.82) is 0 Å². The highest BCUT2D eigenvalue weighted by Crippen LogP contribution is 2.27. The van der Waals surface area contributed by atoms with Crippen molar-refractivity contribution in [3.05, 3.63) is 29.5 Å². The summed E-state index contributed by atoms with van der Waals surface area (Å²) in [4.78, 5) is 4.11. The quantitative estimate of drug-likeness (QED) is 0.815. The van der Waals surface area contributed by atoms with Gasteiger partial charge in [0.05, 0.1) is 0 Å². The fraction of sp³-hybridized carbons (Fsp3) is 0.111. The summed E-state index contributed by atoms with van der Waals surface area (Å²) in [7, 11) is 1.76. The number of anilines is 3. The van der Waals surface area contributed by atoms with Crippen LogP contribution in [0.15, 0.2) is 24.4 Å². The number of aryl methyl sites for hydroxylation is 1. The summed E-state index contributed by atoms with van der Waals surface area (Å²) in [5, 5.41) is 7.30. The largest absolute Gasteiger partial charge is 0.393 e. The molecule has 0 aromatic carbocycles. The van der Waals surface area contributed by atoms with Crippen molar-refractivity contribution in [2.24, 2.45) is 7.05 Å². The van der Waals surface area contributed by atoms with E-state index < -0.39 is 0 Å². The molecule has 2 aromatic rings. The molecule has 5 nitrogen and oxygen atoms in total. The normalized spacial score (nSPS) is 10.3. The zero-order valence-corrected chi connectivity index (χ0v) is 8.86. The van der Waals surface area contributed by atoms with Crippen LogP contribution in [0.2, 0.25) is 5.15 Å². The molecule has 78 valence electrons. The average Bonchev–Trinajstić information content (AvgIpc) is 2.47. The Morgan fingerprint density at radius 1 is 1.47 bits per heavy atom. The first kappa shape index (κ1) is 9.79. The molecule has 0 saturated heterocycles. The molecule has 0 bridgehead atoms. The molecule has 0 atom stereocenters. The standard InChI is InChI=1S/C9H10ClN5/c1-15-9(7(11)8(10)14-15)13-6-4-2-3-5-12-6/h2-5H,11H2,1H3,(H,12,13). The number of pyridine rings is 1. The van der Waals surface area contributed by atoms with E-state index in [2.05, 4.69) is 15.4 Å². The van der Waals surface area contributed by atoms with Crippen molar-refractivity contribution >= 4 is 28.9 Å². The number of nitrogens with zero attached hydrogens (tertiary/aromatic N) is 3. The minimum Gasteiger partial charge on any atom is -0.393 e. The molecule has 2 aromatic heterocycles. The van der Waals surface area contributed by atoms with Gasteiger partial charge in [-0.05, 0) is 12.1 Å². The third kappa shape index (κ3) is 1.87. The molecule has 0 fully saturated rings. The number of nitrogens with two attached hydrogens (primary N) is 1. The van der Waals surface area contributed by atoms with E-state index in [1.165, 1.54) is 0 Å². The van der Waals surface area contributed by atoms with Gasteiger partial charge in [-0.1, -0.05) is 17.7 Å². The number of nitrogens with one attached hydrogen (secondary N) is 1. The maximum Gasteiger partial charge on any atom is 0.176 e. The van der Waals surface area contributed by atoms with Crippen LogP contribution in [0.1, 0.15) is 0 Å². The molecule has 0 unspecified atom stereocenters. The molecular weight excluding hydrogens is 214 g/mol. The van der Waals surface area contributed by atoms with E-state index in [0.29, 0.717) is 17.3 Å². The van der Waals surface area contributed by atoms with Crippen molar-refractivity contribution in [1.82, 2.24) is 14.8 Å². The highest BCUT2D eigenvalue weighted by atomic mass is 35.5. The van der Waals surface area contributed by atoms with Gasteiger partial charge < -0.3 is 11.1 Å². The van der Waals surface area contributed by atoms with E-state index in [9.17, 15) is 0 Å². The molecule has 0 aliphatic heterocycles. The molecule has 3 N–H and O–H groups in total. The SMILES string of the molecule is Cn1nc(Cl)c(N)c1Nc1ccccn1.